The molecule has 2 atom stereocenters. The quantitative estimate of drug-likeness (QED) is 0.894. The molecular formula is C12H14BrNO3. The van der Waals surface area contributed by atoms with E-state index in [0.717, 1.165) is 15.8 Å². The molecule has 0 saturated carbocycles. The Labute approximate surface area is 108 Å². The number of carbonyl (C=O) groups is 1. The molecule has 0 aliphatic carbocycles. The van der Waals surface area contributed by atoms with Gasteiger partial charge in [0, 0.05) is 19.0 Å². The van der Waals surface area contributed by atoms with Gasteiger partial charge in [0.25, 0.3) is 0 Å². The van der Waals surface area contributed by atoms with Crippen LogP contribution in [0.4, 0.5) is 0 Å². The molecule has 0 bridgehead atoms. The Bertz CT molecular complexity index is 436. The maximum absolute atomic E-state index is 11.1. The summed E-state index contributed by atoms with van der Waals surface area (Å²) >= 11 is 3.42. The van der Waals surface area contributed by atoms with E-state index < -0.39 is 5.97 Å². The zero-order valence-electron chi connectivity index (χ0n) is 9.44. The van der Waals surface area contributed by atoms with E-state index in [-0.39, 0.29) is 11.8 Å². The second kappa shape index (κ2) is 5.06. The first-order chi connectivity index (χ1) is 8.13. The van der Waals surface area contributed by atoms with Crippen molar-refractivity contribution < 1.29 is 14.6 Å². The topological polar surface area (TPSA) is 58.6 Å². The van der Waals surface area contributed by atoms with Gasteiger partial charge in [-0.1, -0.05) is 6.07 Å². The fourth-order valence-corrected chi connectivity index (χ4v) is 2.76. The smallest absolute Gasteiger partial charge is 0.308 e. The Morgan fingerprint density at radius 1 is 1.53 bits per heavy atom. The first-order valence-corrected chi connectivity index (χ1v) is 6.19. The van der Waals surface area contributed by atoms with Gasteiger partial charge in [-0.15, -0.1) is 0 Å². The Balaban J connectivity index is 2.27. The Hall–Kier alpha value is -1.07. The average Bonchev–Trinajstić information content (AvgIpc) is 2.77. The number of nitrogens with one attached hydrogen (secondary N) is 1. The van der Waals surface area contributed by atoms with Crippen LogP contribution in [0.2, 0.25) is 0 Å². The lowest BCUT2D eigenvalue weighted by Crippen LogP contribution is -2.21. The predicted octanol–water partition coefficient (Wildman–Crippen LogP) is 1.85. The van der Waals surface area contributed by atoms with Crippen LogP contribution in [0, 0.1) is 5.92 Å². The Morgan fingerprint density at radius 3 is 2.88 bits per heavy atom. The predicted molar refractivity (Wildman–Crippen MR) is 67.4 cm³/mol. The molecule has 1 aromatic rings. The molecule has 1 fully saturated rings. The van der Waals surface area contributed by atoms with Crippen LogP contribution in [0.25, 0.3) is 0 Å². The number of hydrogen-bond acceptors (Lipinski definition) is 3. The van der Waals surface area contributed by atoms with Gasteiger partial charge in [-0.3, -0.25) is 4.79 Å². The highest BCUT2D eigenvalue weighted by atomic mass is 79.9. The van der Waals surface area contributed by atoms with Crippen molar-refractivity contribution in [3.63, 3.8) is 0 Å². The van der Waals surface area contributed by atoms with Crippen LogP contribution in [-0.2, 0) is 4.79 Å². The van der Waals surface area contributed by atoms with E-state index in [4.69, 9.17) is 9.84 Å². The van der Waals surface area contributed by atoms with Gasteiger partial charge in [0.2, 0.25) is 0 Å². The molecular weight excluding hydrogens is 286 g/mol. The lowest BCUT2D eigenvalue weighted by molar-refractivity contribution is -0.141. The Kier molecular flexibility index (Phi) is 3.69. The van der Waals surface area contributed by atoms with Crippen LogP contribution in [0.3, 0.4) is 0 Å². The molecule has 0 amide bonds. The first kappa shape index (κ1) is 12.4. The van der Waals surface area contributed by atoms with Crippen molar-refractivity contribution in [1.29, 1.82) is 0 Å². The highest BCUT2D eigenvalue weighted by molar-refractivity contribution is 9.10. The fourth-order valence-electron chi connectivity index (χ4n) is 2.20. The number of carboxylic acid groups (broad SMARTS) is 1. The van der Waals surface area contributed by atoms with E-state index in [0.29, 0.717) is 13.1 Å². The number of rotatable bonds is 3. The summed E-state index contributed by atoms with van der Waals surface area (Å²) in [7, 11) is 1.61. The highest BCUT2D eigenvalue weighted by Gasteiger charge is 2.33. The van der Waals surface area contributed by atoms with E-state index in [9.17, 15) is 4.79 Å². The lowest BCUT2D eigenvalue weighted by atomic mass is 9.89. The summed E-state index contributed by atoms with van der Waals surface area (Å²) in [6.07, 6.45) is 0. The third-order valence-corrected chi connectivity index (χ3v) is 3.76. The fraction of sp³-hybridized carbons (Fsp3) is 0.417. The number of benzene rings is 1. The summed E-state index contributed by atoms with van der Waals surface area (Å²) in [4.78, 5) is 11.1. The van der Waals surface area contributed by atoms with Gasteiger partial charge in [0.05, 0.1) is 17.5 Å². The second-order valence-corrected chi connectivity index (χ2v) is 4.96. The number of aliphatic carboxylic acids is 1. The molecule has 2 unspecified atom stereocenters. The summed E-state index contributed by atoms with van der Waals surface area (Å²) in [6, 6.07) is 5.72. The summed E-state index contributed by atoms with van der Waals surface area (Å²) in [5, 5.41) is 12.3. The standard InChI is InChI=1S/C12H14BrNO3/c1-17-11-3-2-7(4-10(11)13)8-5-14-6-9(8)12(15)16/h2-4,8-9,14H,5-6H2,1H3,(H,15,16). The Morgan fingerprint density at radius 2 is 2.29 bits per heavy atom. The largest absolute Gasteiger partial charge is 0.496 e. The van der Waals surface area contributed by atoms with Crippen molar-refractivity contribution in [2.45, 2.75) is 5.92 Å². The van der Waals surface area contributed by atoms with Gasteiger partial charge in [0.15, 0.2) is 0 Å². The number of ether oxygens (including phenoxy) is 1. The second-order valence-electron chi connectivity index (χ2n) is 4.10. The van der Waals surface area contributed by atoms with Gasteiger partial charge < -0.3 is 15.2 Å². The molecule has 0 radical (unpaired) electrons. The minimum Gasteiger partial charge on any atom is -0.496 e. The zero-order valence-corrected chi connectivity index (χ0v) is 11.0. The average molecular weight is 300 g/mol. The number of halogens is 1. The summed E-state index contributed by atoms with van der Waals surface area (Å²) in [5.74, 6) is -0.316. The molecule has 1 aliphatic rings. The van der Waals surface area contributed by atoms with Gasteiger partial charge in [-0.2, -0.15) is 0 Å². The van der Waals surface area contributed by atoms with Crippen LogP contribution in [0.5, 0.6) is 5.75 Å². The number of hydrogen-bond donors (Lipinski definition) is 2. The van der Waals surface area contributed by atoms with Crippen molar-refractivity contribution >= 4 is 21.9 Å². The minimum atomic E-state index is -0.744. The number of carboxylic acids is 1. The van der Waals surface area contributed by atoms with Crippen LogP contribution in [0.15, 0.2) is 22.7 Å². The highest BCUT2D eigenvalue weighted by Crippen LogP contribution is 2.33. The maximum Gasteiger partial charge on any atom is 0.308 e. The van der Waals surface area contributed by atoms with E-state index >= 15 is 0 Å². The minimum absolute atomic E-state index is 0.0229. The van der Waals surface area contributed by atoms with Crippen LogP contribution >= 0.6 is 15.9 Å². The van der Waals surface area contributed by atoms with Crippen molar-refractivity contribution in [3.8, 4) is 5.75 Å². The maximum atomic E-state index is 11.1. The van der Waals surface area contributed by atoms with Gasteiger partial charge in [0.1, 0.15) is 5.75 Å². The van der Waals surface area contributed by atoms with Crippen LogP contribution in [0.1, 0.15) is 11.5 Å². The van der Waals surface area contributed by atoms with Crippen molar-refractivity contribution in [2.24, 2.45) is 5.92 Å². The SMILES string of the molecule is COc1ccc(C2CNCC2C(=O)O)cc1Br. The molecule has 2 N–H and O–H groups in total. The van der Waals surface area contributed by atoms with Gasteiger partial charge >= 0.3 is 5.97 Å². The van der Waals surface area contributed by atoms with Crippen molar-refractivity contribution in [1.82, 2.24) is 5.32 Å². The van der Waals surface area contributed by atoms with Crippen molar-refractivity contribution in [3.05, 3.63) is 28.2 Å². The van der Waals surface area contributed by atoms with E-state index in [1.807, 2.05) is 18.2 Å². The van der Waals surface area contributed by atoms with E-state index in [2.05, 4.69) is 21.2 Å². The van der Waals surface area contributed by atoms with E-state index in [1.54, 1.807) is 7.11 Å². The lowest BCUT2D eigenvalue weighted by Gasteiger charge is -2.16. The monoisotopic (exact) mass is 299 g/mol. The molecule has 5 heteroatoms. The molecule has 4 nitrogen and oxygen atoms in total. The molecule has 0 aromatic heterocycles. The molecule has 1 aromatic carbocycles. The van der Waals surface area contributed by atoms with Crippen molar-refractivity contribution in [2.75, 3.05) is 20.2 Å². The third kappa shape index (κ3) is 2.45. The van der Waals surface area contributed by atoms with Gasteiger partial charge in [-0.25, -0.2) is 0 Å². The molecule has 92 valence electrons. The summed E-state index contributed by atoms with van der Waals surface area (Å²) in [6.45, 7) is 1.24. The zero-order chi connectivity index (χ0) is 12.4. The number of methoxy groups -OCH3 is 1. The van der Waals surface area contributed by atoms with Crippen LogP contribution < -0.4 is 10.1 Å². The summed E-state index contributed by atoms with van der Waals surface area (Å²) < 4.78 is 6.01. The first-order valence-electron chi connectivity index (χ1n) is 5.40. The molecule has 1 heterocycles. The van der Waals surface area contributed by atoms with Gasteiger partial charge in [-0.05, 0) is 33.6 Å². The summed E-state index contributed by atoms with van der Waals surface area (Å²) in [5.41, 5.74) is 1.02. The molecule has 1 aliphatic heterocycles. The third-order valence-electron chi connectivity index (χ3n) is 3.14. The molecule has 1 saturated heterocycles. The normalized spacial score (nSPS) is 23.6. The molecule has 2 rings (SSSR count). The van der Waals surface area contributed by atoms with E-state index in [1.165, 1.54) is 0 Å². The molecule has 17 heavy (non-hydrogen) atoms. The van der Waals surface area contributed by atoms with Crippen LogP contribution in [-0.4, -0.2) is 31.3 Å². The molecule has 0 spiro atoms.